The average Bonchev–Trinajstić information content (AvgIpc) is 1.84. The summed E-state index contributed by atoms with van der Waals surface area (Å²) in [6, 6.07) is 0. The normalized spacial score (nSPS) is 10.7. The molecule has 0 aromatic rings. The molecule has 0 radical (unpaired) electrons. The second kappa shape index (κ2) is 3.56. The van der Waals surface area contributed by atoms with Crippen LogP contribution in [0.1, 0.15) is 13.8 Å². The van der Waals surface area contributed by atoms with E-state index in [2.05, 4.69) is 0 Å². The van der Waals surface area contributed by atoms with Gasteiger partial charge in [-0.05, 0) is 0 Å². The van der Waals surface area contributed by atoms with Crippen molar-refractivity contribution >= 4 is 5.91 Å². The van der Waals surface area contributed by atoms with Gasteiger partial charge in [0.2, 0.25) is 5.91 Å². The molecule has 0 aromatic carbocycles. The van der Waals surface area contributed by atoms with E-state index < -0.39 is 0 Å². The smallest absolute Gasteiger partial charge is 0.239 e. The Hall–Kier alpha value is -0.570. The summed E-state index contributed by atoms with van der Waals surface area (Å²) < 4.78 is 0. The minimum Gasteiger partial charge on any atom is -0.279 e. The molecule has 0 unspecified atom stereocenters. The van der Waals surface area contributed by atoms with Crippen molar-refractivity contribution in [1.82, 2.24) is 10.0 Å². The molecule has 0 fully saturated rings. The first-order valence-corrected chi connectivity index (χ1v) is 3.41. The van der Waals surface area contributed by atoms with Crippen LogP contribution < -0.4 is 0 Å². The van der Waals surface area contributed by atoms with E-state index in [-0.39, 0.29) is 11.8 Å². The van der Waals surface area contributed by atoms with Crippen molar-refractivity contribution in [2.45, 2.75) is 13.8 Å². The van der Waals surface area contributed by atoms with Gasteiger partial charge in [-0.25, -0.2) is 5.01 Å². The van der Waals surface area contributed by atoms with Crippen LogP contribution in [0.2, 0.25) is 0 Å². The SMILES string of the molecule is CC(C)C(=O)N(C)N(C)C. The average molecular weight is 144 g/mol. The number of nitrogens with zero attached hydrogens (tertiary/aromatic N) is 2. The van der Waals surface area contributed by atoms with Crippen LogP contribution in [-0.2, 0) is 4.79 Å². The molecule has 0 N–H and O–H groups in total. The molecule has 10 heavy (non-hydrogen) atoms. The Balaban J connectivity index is 3.95. The number of hydrogen-bond donors (Lipinski definition) is 0. The number of hydrogen-bond acceptors (Lipinski definition) is 2. The van der Waals surface area contributed by atoms with Crippen molar-refractivity contribution in [3.63, 3.8) is 0 Å². The highest BCUT2D eigenvalue weighted by Gasteiger charge is 2.13. The molecule has 3 heteroatoms. The lowest BCUT2D eigenvalue weighted by atomic mass is 10.2. The van der Waals surface area contributed by atoms with E-state index in [1.54, 1.807) is 17.1 Å². The summed E-state index contributed by atoms with van der Waals surface area (Å²) in [5, 5.41) is 3.37. The van der Waals surface area contributed by atoms with E-state index in [4.69, 9.17) is 0 Å². The fraction of sp³-hybridized carbons (Fsp3) is 0.857. The fourth-order valence-corrected chi connectivity index (χ4v) is 0.571. The Morgan fingerprint density at radius 3 is 1.70 bits per heavy atom. The summed E-state index contributed by atoms with van der Waals surface area (Å²) in [5.41, 5.74) is 0. The molecule has 0 aromatic heterocycles. The third kappa shape index (κ3) is 2.35. The van der Waals surface area contributed by atoms with Gasteiger partial charge in [0.1, 0.15) is 0 Å². The monoisotopic (exact) mass is 144 g/mol. The van der Waals surface area contributed by atoms with Gasteiger partial charge < -0.3 is 0 Å². The van der Waals surface area contributed by atoms with E-state index >= 15 is 0 Å². The van der Waals surface area contributed by atoms with Gasteiger partial charge in [-0.2, -0.15) is 0 Å². The molecule has 0 aliphatic rings. The highest BCUT2D eigenvalue weighted by atomic mass is 16.2. The fourth-order valence-electron chi connectivity index (χ4n) is 0.571. The standard InChI is InChI=1S/C7H16N2O/c1-6(2)7(10)9(5)8(3)4/h6H,1-5H3. The lowest BCUT2D eigenvalue weighted by Crippen LogP contribution is -2.40. The molecule has 0 atom stereocenters. The van der Waals surface area contributed by atoms with Crippen molar-refractivity contribution in [3.05, 3.63) is 0 Å². The molecule has 0 aliphatic carbocycles. The predicted octanol–water partition coefficient (Wildman–Crippen LogP) is 0.577. The molecule has 0 saturated heterocycles. The lowest BCUT2D eigenvalue weighted by molar-refractivity contribution is -0.145. The van der Waals surface area contributed by atoms with E-state index in [1.807, 2.05) is 27.9 Å². The van der Waals surface area contributed by atoms with E-state index in [0.29, 0.717) is 0 Å². The molecule has 0 heterocycles. The first-order valence-electron chi connectivity index (χ1n) is 3.41. The van der Waals surface area contributed by atoms with Crippen molar-refractivity contribution in [2.75, 3.05) is 21.1 Å². The summed E-state index contributed by atoms with van der Waals surface area (Å²) in [4.78, 5) is 11.2. The molecule has 0 saturated carbocycles. The maximum atomic E-state index is 11.2. The molecule has 1 amide bonds. The van der Waals surface area contributed by atoms with E-state index in [0.717, 1.165) is 0 Å². The van der Waals surface area contributed by atoms with Crippen LogP contribution in [0.25, 0.3) is 0 Å². The van der Waals surface area contributed by atoms with E-state index in [1.165, 1.54) is 0 Å². The van der Waals surface area contributed by atoms with Crippen molar-refractivity contribution in [1.29, 1.82) is 0 Å². The highest BCUT2D eigenvalue weighted by molar-refractivity contribution is 5.77. The zero-order valence-electron chi connectivity index (χ0n) is 7.38. The maximum Gasteiger partial charge on any atom is 0.239 e. The third-order valence-electron chi connectivity index (χ3n) is 1.41. The summed E-state index contributed by atoms with van der Waals surface area (Å²) in [7, 11) is 5.46. The van der Waals surface area contributed by atoms with Crippen LogP contribution in [0.3, 0.4) is 0 Å². The topological polar surface area (TPSA) is 23.6 Å². The lowest BCUT2D eigenvalue weighted by Gasteiger charge is -2.25. The van der Waals surface area contributed by atoms with Gasteiger partial charge in [0.15, 0.2) is 0 Å². The Labute approximate surface area is 62.6 Å². The Morgan fingerprint density at radius 2 is 1.60 bits per heavy atom. The molecule has 0 aliphatic heterocycles. The number of hydrazine groups is 1. The summed E-state index contributed by atoms with van der Waals surface area (Å²) >= 11 is 0. The van der Waals surface area contributed by atoms with Gasteiger partial charge in [0.05, 0.1) is 0 Å². The van der Waals surface area contributed by atoms with Crippen LogP contribution >= 0.6 is 0 Å². The predicted molar refractivity (Wildman–Crippen MR) is 41.3 cm³/mol. The summed E-state index contributed by atoms with van der Waals surface area (Å²) in [6.07, 6.45) is 0. The molecule has 0 bridgehead atoms. The minimum atomic E-state index is 0.0763. The van der Waals surface area contributed by atoms with E-state index in [9.17, 15) is 4.79 Å². The number of carbonyl (C=O) groups is 1. The highest BCUT2D eigenvalue weighted by Crippen LogP contribution is 1.98. The quantitative estimate of drug-likeness (QED) is 0.529. The molecular weight excluding hydrogens is 128 g/mol. The third-order valence-corrected chi connectivity index (χ3v) is 1.41. The van der Waals surface area contributed by atoms with Gasteiger partial charge in [-0.1, -0.05) is 13.8 Å². The summed E-state index contributed by atoms with van der Waals surface area (Å²) in [6.45, 7) is 3.78. The van der Waals surface area contributed by atoms with Crippen molar-refractivity contribution in [2.24, 2.45) is 5.92 Å². The molecule has 60 valence electrons. The molecule has 0 rings (SSSR count). The number of carbonyl (C=O) groups excluding carboxylic acids is 1. The second-order valence-electron chi connectivity index (χ2n) is 2.86. The number of rotatable bonds is 2. The Bertz CT molecular complexity index is 121. The van der Waals surface area contributed by atoms with Gasteiger partial charge in [0.25, 0.3) is 0 Å². The van der Waals surface area contributed by atoms with Crippen LogP contribution in [0, 0.1) is 5.92 Å². The first-order chi connectivity index (χ1) is 4.46. The van der Waals surface area contributed by atoms with Gasteiger partial charge in [0, 0.05) is 27.1 Å². The first kappa shape index (κ1) is 9.43. The van der Waals surface area contributed by atoms with Gasteiger partial charge in [-0.15, -0.1) is 0 Å². The van der Waals surface area contributed by atoms with Crippen LogP contribution in [-0.4, -0.2) is 37.1 Å². The van der Waals surface area contributed by atoms with Crippen LogP contribution in [0.15, 0.2) is 0 Å². The van der Waals surface area contributed by atoms with Crippen LogP contribution in [0.5, 0.6) is 0 Å². The van der Waals surface area contributed by atoms with Gasteiger partial charge >= 0.3 is 0 Å². The number of amides is 1. The maximum absolute atomic E-state index is 11.2. The largest absolute Gasteiger partial charge is 0.279 e. The molecular formula is C7H16N2O. The van der Waals surface area contributed by atoms with Gasteiger partial charge in [-0.3, -0.25) is 9.80 Å². The Morgan fingerprint density at radius 1 is 1.20 bits per heavy atom. The molecule has 3 nitrogen and oxygen atoms in total. The zero-order valence-corrected chi connectivity index (χ0v) is 7.38. The summed E-state index contributed by atoms with van der Waals surface area (Å²) in [5.74, 6) is 0.220. The second-order valence-corrected chi connectivity index (χ2v) is 2.86. The zero-order chi connectivity index (χ0) is 8.31. The molecule has 0 spiro atoms. The van der Waals surface area contributed by atoms with Crippen molar-refractivity contribution < 1.29 is 4.79 Å². The van der Waals surface area contributed by atoms with Crippen LogP contribution in [0.4, 0.5) is 0 Å². The van der Waals surface area contributed by atoms with Crippen molar-refractivity contribution in [3.8, 4) is 0 Å². The minimum absolute atomic E-state index is 0.0763. The Kier molecular flexibility index (Phi) is 3.36.